The number of nitrogens with one attached hydrogen (secondary N) is 3. The lowest BCUT2D eigenvalue weighted by Gasteiger charge is -2.02. The molecule has 0 aliphatic carbocycles. The molecule has 17 heavy (non-hydrogen) atoms. The highest BCUT2D eigenvalue weighted by molar-refractivity contribution is 7.92. The SMILES string of the molecule is O=c1[nH]cc(S(=O)(=O)Nc2nccs2)c(=O)[nH]1. The number of sulfonamides is 1. The van der Waals surface area contributed by atoms with E-state index in [4.69, 9.17) is 0 Å². The fourth-order valence-corrected chi connectivity index (χ4v) is 2.84. The summed E-state index contributed by atoms with van der Waals surface area (Å²) in [4.78, 5) is 29.1. The molecule has 0 aliphatic rings. The summed E-state index contributed by atoms with van der Waals surface area (Å²) in [6.07, 6.45) is 2.25. The van der Waals surface area contributed by atoms with E-state index in [-0.39, 0.29) is 5.13 Å². The molecular formula is C7H6N4O4S2. The number of H-pyrrole nitrogens is 2. The number of rotatable bonds is 3. The van der Waals surface area contributed by atoms with Crippen LogP contribution < -0.4 is 16.0 Å². The van der Waals surface area contributed by atoms with Crippen LogP contribution in [0.1, 0.15) is 0 Å². The minimum absolute atomic E-state index is 0.135. The van der Waals surface area contributed by atoms with Gasteiger partial charge in [0.2, 0.25) is 0 Å². The zero-order chi connectivity index (χ0) is 12.5. The number of aromatic nitrogens is 3. The quantitative estimate of drug-likeness (QED) is 0.684. The fraction of sp³-hybridized carbons (Fsp3) is 0. The normalized spacial score (nSPS) is 11.3. The van der Waals surface area contributed by atoms with Gasteiger partial charge in [-0.1, -0.05) is 0 Å². The van der Waals surface area contributed by atoms with Gasteiger partial charge in [0, 0.05) is 17.8 Å². The van der Waals surface area contributed by atoms with E-state index in [0.717, 1.165) is 17.5 Å². The molecule has 0 atom stereocenters. The molecule has 90 valence electrons. The van der Waals surface area contributed by atoms with Crippen molar-refractivity contribution < 1.29 is 8.42 Å². The fourth-order valence-electron chi connectivity index (χ4n) is 1.04. The summed E-state index contributed by atoms with van der Waals surface area (Å²) in [5, 5.41) is 1.71. The third-order valence-electron chi connectivity index (χ3n) is 1.73. The molecule has 0 aliphatic heterocycles. The van der Waals surface area contributed by atoms with Gasteiger partial charge in [0.05, 0.1) is 0 Å². The maximum Gasteiger partial charge on any atom is 0.325 e. The maximum atomic E-state index is 11.7. The van der Waals surface area contributed by atoms with Gasteiger partial charge in [-0.25, -0.2) is 18.2 Å². The molecule has 2 aromatic heterocycles. The van der Waals surface area contributed by atoms with Crippen molar-refractivity contribution in [2.45, 2.75) is 4.90 Å². The van der Waals surface area contributed by atoms with Gasteiger partial charge in [-0.05, 0) is 0 Å². The molecule has 0 bridgehead atoms. The van der Waals surface area contributed by atoms with E-state index in [1.54, 1.807) is 5.38 Å². The average molecular weight is 274 g/mol. The molecule has 0 saturated heterocycles. The van der Waals surface area contributed by atoms with Crippen molar-refractivity contribution in [3.05, 3.63) is 38.6 Å². The topological polar surface area (TPSA) is 125 Å². The Hall–Kier alpha value is -1.94. The molecule has 2 heterocycles. The molecule has 0 fully saturated rings. The molecule has 0 saturated carbocycles. The maximum absolute atomic E-state index is 11.7. The number of hydrogen-bond donors (Lipinski definition) is 3. The van der Waals surface area contributed by atoms with Crippen LogP contribution in [0.25, 0.3) is 0 Å². The first kappa shape index (κ1) is 11.5. The van der Waals surface area contributed by atoms with Crippen LogP contribution in [0.5, 0.6) is 0 Å². The number of thiazole rings is 1. The van der Waals surface area contributed by atoms with Crippen LogP contribution in [0.2, 0.25) is 0 Å². The Kier molecular flexibility index (Phi) is 2.81. The van der Waals surface area contributed by atoms with E-state index in [1.165, 1.54) is 6.20 Å². The summed E-state index contributed by atoms with van der Waals surface area (Å²) in [7, 11) is -4.05. The standard InChI is InChI=1S/C7H6N4O4S2/c12-5-4(3-9-6(13)10-5)17(14,15)11-7-8-1-2-16-7/h1-3H,(H,8,11)(H2,9,10,12,13). The van der Waals surface area contributed by atoms with Crippen molar-refractivity contribution in [3.63, 3.8) is 0 Å². The van der Waals surface area contributed by atoms with Gasteiger partial charge < -0.3 is 4.98 Å². The Morgan fingerprint density at radius 2 is 2.12 bits per heavy atom. The molecule has 0 radical (unpaired) electrons. The molecule has 3 N–H and O–H groups in total. The van der Waals surface area contributed by atoms with E-state index < -0.39 is 26.2 Å². The molecule has 0 aromatic carbocycles. The summed E-state index contributed by atoms with van der Waals surface area (Å²) < 4.78 is 25.6. The highest BCUT2D eigenvalue weighted by Gasteiger charge is 2.19. The summed E-state index contributed by atoms with van der Waals surface area (Å²) in [6.45, 7) is 0. The van der Waals surface area contributed by atoms with Crippen molar-refractivity contribution in [2.75, 3.05) is 4.72 Å². The van der Waals surface area contributed by atoms with Crippen molar-refractivity contribution in [1.82, 2.24) is 15.0 Å². The van der Waals surface area contributed by atoms with Gasteiger partial charge in [-0.3, -0.25) is 14.5 Å². The number of nitrogens with zero attached hydrogens (tertiary/aromatic N) is 1. The van der Waals surface area contributed by atoms with E-state index in [0.29, 0.717) is 0 Å². The first-order valence-corrected chi connectivity index (χ1v) is 6.59. The van der Waals surface area contributed by atoms with Gasteiger partial charge in [-0.2, -0.15) is 0 Å². The Balaban J connectivity index is 2.45. The minimum Gasteiger partial charge on any atom is -0.313 e. The molecule has 10 heteroatoms. The summed E-state index contributed by atoms with van der Waals surface area (Å²) >= 11 is 1.07. The van der Waals surface area contributed by atoms with Crippen molar-refractivity contribution >= 4 is 26.5 Å². The van der Waals surface area contributed by atoms with E-state index in [2.05, 4.69) is 14.7 Å². The zero-order valence-electron chi connectivity index (χ0n) is 8.13. The second-order valence-electron chi connectivity index (χ2n) is 2.88. The molecule has 2 aromatic rings. The van der Waals surface area contributed by atoms with Gasteiger partial charge in [-0.15, -0.1) is 11.3 Å². The van der Waals surface area contributed by atoms with Crippen molar-refractivity contribution in [3.8, 4) is 0 Å². The first-order chi connectivity index (χ1) is 7.99. The largest absolute Gasteiger partial charge is 0.325 e. The van der Waals surface area contributed by atoms with Crippen LogP contribution in [-0.4, -0.2) is 23.4 Å². The molecule has 8 nitrogen and oxygen atoms in total. The van der Waals surface area contributed by atoms with Gasteiger partial charge in [0.25, 0.3) is 15.6 Å². The predicted octanol–water partition coefficient (Wildman–Crippen LogP) is -0.680. The molecule has 0 spiro atoms. The zero-order valence-corrected chi connectivity index (χ0v) is 9.76. The third kappa shape index (κ3) is 2.42. The lowest BCUT2D eigenvalue weighted by Crippen LogP contribution is -2.29. The van der Waals surface area contributed by atoms with Crippen LogP contribution in [-0.2, 0) is 10.0 Å². The minimum atomic E-state index is -4.05. The lowest BCUT2D eigenvalue weighted by atomic mass is 10.7. The lowest BCUT2D eigenvalue weighted by molar-refractivity contribution is 0.599. The number of anilines is 1. The molecule has 2 rings (SSSR count). The van der Waals surface area contributed by atoms with E-state index >= 15 is 0 Å². The Morgan fingerprint density at radius 1 is 1.35 bits per heavy atom. The highest BCUT2D eigenvalue weighted by Crippen LogP contribution is 2.14. The third-order valence-corrected chi connectivity index (χ3v) is 3.89. The molecular weight excluding hydrogens is 268 g/mol. The highest BCUT2D eigenvalue weighted by atomic mass is 32.2. The second-order valence-corrected chi connectivity index (χ2v) is 5.42. The molecule has 0 unspecified atom stereocenters. The smallest absolute Gasteiger partial charge is 0.313 e. The van der Waals surface area contributed by atoms with Crippen LogP contribution >= 0.6 is 11.3 Å². The summed E-state index contributed by atoms with van der Waals surface area (Å²) in [6, 6.07) is 0. The van der Waals surface area contributed by atoms with Crippen LogP contribution in [0, 0.1) is 0 Å². The summed E-state index contributed by atoms with van der Waals surface area (Å²) in [5.41, 5.74) is -1.76. The van der Waals surface area contributed by atoms with Crippen LogP contribution in [0.4, 0.5) is 5.13 Å². The Bertz CT molecular complexity index is 728. The second kappa shape index (κ2) is 4.14. The van der Waals surface area contributed by atoms with Gasteiger partial charge in [0.15, 0.2) is 10.0 Å². The number of hydrogen-bond acceptors (Lipinski definition) is 6. The first-order valence-electron chi connectivity index (χ1n) is 4.23. The Morgan fingerprint density at radius 3 is 2.71 bits per heavy atom. The monoisotopic (exact) mass is 274 g/mol. The average Bonchev–Trinajstić information content (AvgIpc) is 2.68. The van der Waals surface area contributed by atoms with E-state index in [1.807, 2.05) is 4.98 Å². The van der Waals surface area contributed by atoms with Crippen LogP contribution in [0.15, 0.2) is 32.3 Å². The van der Waals surface area contributed by atoms with Crippen molar-refractivity contribution in [2.24, 2.45) is 0 Å². The number of aromatic amines is 2. The Labute approximate surface area is 98.4 Å². The predicted molar refractivity (Wildman–Crippen MR) is 60.6 cm³/mol. The molecule has 0 amide bonds. The van der Waals surface area contributed by atoms with E-state index in [9.17, 15) is 18.0 Å². The van der Waals surface area contributed by atoms with Crippen LogP contribution in [0.3, 0.4) is 0 Å². The summed E-state index contributed by atoms with van der Waals surface area (Å²) in [5.74, 6) is 0. The van der Waals surface area contributed by atoms with Crippen molar-refractivity contribution in [1.29, 1.82) is 0 Å². The van der Waals surface area contributed by atoms with Gasteiger partial charge >= 0.3 is 5.69 Å². The van der Waals surface area contributed by atoms with Gasteiger partial charge in [0.1, 0.15) is 0 Å².